The maximum atomic E-state index is 11.0. The monoisotopic (exact) mass is 347 g/mol. The molecule has 23 heavy (non-hydrogen) atoms. The molecule has 0 saturated heterocycles. The van der Waals surface area contributed by atoms with Gasteiger partial charge in [0.15, 0.2) is 0 Å². The zero-order chi connectivity index (χ0) is 17.4. The number of unbranched alkanes of at least 4 members (excludes halogenated alkanes) is 13. The van der Waals surface area contributed by atoms with Crippen LogP contribution in [0.5, 0.6) is 0 Å². The van der Waals surface area contributed by atoms with Gasteiger partial charge in [-0.25, -0.2) is 0 Å². The molecule has 1 radical (unpaired) electrons. The summed E-state index contributed by atoms with van der Waals surface area (Å²) in [5.41, 5.74) is 0. The molecular formula is C19H39O3S. The molecule has 0 aliphatic heterocycles. The van der Waals surface area contributed by atoms with Crippen LogP contribution in [-0.4, -0.2) is 18.2 Å². The molecule has 0 aromatic rings. The highest BCUT2D eigenvalue weighted by molar-refractivity contribution is 7.86. The zero-order valence-corrected chi connectivity index (χ0v) is 16.1. The molecule has 0 aliphatic rings. The van der Waals surface area contributed by atoms with E-state index < -0.39 is 15.4 Å². The molecule has 0 heterocycles. The van der Waals surface area contributed by atoms with Gasteiger partial charge in [0.05, 0.1) is 5.25 Å². The summed E-state index contributed by atoms with van der Waals surface area (Å²) in [6.45, 7) is 5.86. The van der Waals surface area contributed by atoms with Gasteiger partial charge >= 0.3 is 0 Å². The Balaban J connectivity index is 3.25. The Kier molecular flexibility index (Phi) is 15.4. The van der Waals surface area contributed by atoms with Gasteiger partial charge in [-0.3, -0.25) is 4.55 Å². The van der Waals surface area contributed by atoms with Crippen molar-refractivity contribution in [3.63, 3.8) is 0 Å². The van der Waals surface area contributed by atoms with Crippen molar-refractivity contribution in [2.75, 3.05) is 0 Å². The molecule has 0 saturated carbocycles. The Morgan fingerprint density at radius 1 is 0.739 bits per heavy atom. The van der Waals surface area contributed by atoms with Crippen molar-refractivity contribution >= 4 is 10.1 Å². The van der Waals surface area contributed by atoms with Crippen LogP contribution in [0, 0.1) is 6.92 Å². The first-order valence-corrected chi connectivity index (χ1v) is 11.3. The lowest BCUT2D eigenvalue weighted by molar-refractivity contribution is 0.455. The molecule has 0 bridgehead atoms. The Labute approximate surface area is 145 Å². The molecule has 0 aromatic heterocycles. The molecular weight excluding hydrogens is 308 g/mol. The van der Waals surface area contributed by atoms with Crippen molar-refractivity contribution in [2.45, 2.75) is 115 Å². The largest absolute Gasteiger partial charge is 0.285 e. The fourth-order valence-electron chi connectivity index (χ4n) is 3.01. The van der Waals surface area contributed by atoms with E-state index in [1.54, 1.807) is 0 Å². The lowest BCUT2D eigenvalue weighted by Gasteiger charge is -2.10. The minimum Gasteiger partial charge on any atom is -0.285 e. The quantitative estimate of drug-likeness (QED) is 0.247. The van der Waals surface area contributed by atoms with Crippen molar-refractivity contribution < 1.29 is 13.0 Å². The smallest absolute Gasteiger partial charge is 0.267 e. The highest BCUT2D eigenvalue weighted by Gasteiger charge is 2.19. The second-order valence-corrected chi connectivity index (χ2v) is 8.51. The summed E-state index contributed by atoms with van der Waals surface area (Å²) in [4.78, 5) is 0. The van der Waals surface area contributed by atoms with Crippen molar-refractivity contribution in [3.05, 3.63) is 6.92 Å². The van der Waals surface area contributed by atoms with Gasteiger partial charge in [0.25, 0.3) is 10.1 Å². The molecule has 0 aromatic carbocycles. The second kappa shape index (κ2) is 15.4. The van der Waals surface area contributed by atoms with Gasteiger partial charge in [-0.05, 0) is 12.8 Å². The van der Waals surface area contributed by atoms with E-state index >= 15 is 0 Å². The average molecular weight is 348 g/mol. The van der Waals surface area contributed by atoms with Crippen LogP contribution in [0.25, 0.3) is 0 Å². The normalized spacial score (nSPS) is 13.3. The van der Waals surface area contributed by atoms with E-state index in [1.807, 2.05) is 0 Å². The first-order valence-electron chi connectivity index (χ1n) is 9.78. The molecule has 0 spiro atoms. The number of rotatable bonds is 17. The van der Waals surface area contributed by atoms with Gasteiger partial charge < -0.3 is 0 Å². The summed E-state index contributed by atoms with van der Waals surface area (Å²) < 4.78 is 31.1. The topological polar surface area (TPSA) is 54.4 Å². The minimum atomic E-state index is -3.90. The predicted octanol–water partition coefficient (Wildman–Crippen LogP) is 6.34. The Morgan fingerprint density at radius 3 is 1.39 bits per heavy atom. The van der Waals surface area contributed by atoms with Crippen LogP contribution in [0.1, 0.15) is 110 Å². The van der Waals surface area contributed by atoms with E-state index in [-0.39, 0.29) is 6.42 Å². The molecule has 4 heteroatoms. The minimum absolute atomic E-state index is 0.261. The van der Waals surface area contributed by atoms with E-state index in [9.17, 15) is 8.42 Å². The average Bonchev–Trinajstić information content (AvgIpc) is 2.50. The Bertz CT molecular complexity index is 339. The molecule has 0 rings (SSSR count). The van der Waals surface area contributed by atoms with Crippen molar-refractivity contribution in [3.8, 4) is 0 Å². The molecule has 0 fully saturated rings. The summed E-state index contributed by atoms with van der Waals surface area (Å²) in [7, 11) is -3.90. The van der Waals surface area contributed by atoms with Gasteiger partial charge in [-0.15, -0.1) is 0 Å². The molecule has 3 nitrogen and oxygen atoms in total. The van der Waals surface area contributed by atoms with E-state index in [4.69, 9.17) is 4.55 Å². The molecule has 0 aliphatic carbocycles. The summed E-state index contributed by atoms with van der Waals surface area (Å²) in [5, 5.41) is -0.667. The third kappa shape index (κ3) is 15.2. The lowest BCUT2D eigenvalue weighted by atomic mass is 10.0. The van der Waals surface area contributed by atoms with Gasteiger partial charge in [-0.2, -0.15) is 8.42 Å². The molecule has 139 valence electrons. The van der Waals surface area contributed by atoms with Gasteiger partial charge in [0.1, 0.15) is 0 Å². The maximum absolute atomic E-state index is 11.0. The van der Waals surface area contributed by atoms with Gasteiger partial charge in [0.2, 0.25) is 0 Å². The summed E-state index contributed by atoms with van der Waals surface area (Å²) >= 11 is 0. The highest BCUT2D eigenvalue weighted by Crippen LogP contribution is 2.16. The lowest BCUT2D eigenvalue weighted by Crippen LogP contribution is -2.19. The van der Waals surface area contributed by atoms with Crippen LogP contribution in [0.4, 0.5) is 0 Å². The highest BCUT2D eigenvalue weighted by atomic mass is 32.2. The van der Waals surface area contributed by atoms with Crippen LogP contribution in [0.15, 0.2) is 0 Å². The fourth-order valence-corrected chi connectivity index (χ4v) is 3.77. The fraction of sp³-hybridized carbons (Fsp3) is 0.947. The number of hydrogen-bond acceptors (Lipinski definition) is 2. The van der Waals surface area contributed by atoms with Gasteiger partial charge in [-0.1, -0.05) is 104 Å². The van der Waals surface area contributed by atoms with Crippen molar-refractivity contribution in [1.82, 2.24) is 0 Å². The third-order valence-electron chi connectivity index (χ3n) is 4.62. The SMILES string of the molecule is [CH2]CC(CCCCCCCCCCCCCCCC)S(=O)(=O)O. The molecule has 1 N–H and O–H groups in total. The van der Waals surface area contributed by atoms with E-state index in [1.165, 1.54) is 77.0 Å². The van der Waals surface area contributed by atoms with E-state index in [0.29, 0.717) is 6.42 Å². The van der Waals surface area contributed by atoms with Crippen LogP contribution >= 0.6 is 0 Å². The number of hydrogen-bond donors (Lipinski definition) is 1. The molecule has 1 atom stereocenters. The zero-order valence-electron chi connectivity index (χ0n) is 15.3. The van der Waals surface area contributed by atoms with E-state index in [0.717, 1.165) is 12.8 Å². The first-order chi connectivity index (χ1) is 11.0. The molecule has 1 unspecified atom stereocenters. The van der Waals surface area contributed by atoms with Crippen LogP contribution in [0.2, 0.25) is 0 Å². The van der Waals surface area contributed by atoms with Gasteiger partial charge in [0, 0.05) is 0 Å². The second-order valence-electron chi connectivity index (χ2n) is 6.81. The summed E-state index contributed by atoms with van der Waals surface area (Å²) in [5.74, 6) is 0. The predicted molar refractivity (Wildman–Crippen MR) is 100 cm³/mol. The standard InChI is InChI=1S/C19H39O3S/c1-3-5-6-7-8-9-10-11-12-13-14-15-16-17-18-19(4-2)23(20,21)22/h19H,2-18H2,1H3,(H,20,21,22). The molecule has 0 amide bonds. The maximum Gasteiger partial charge on any atom is 0.267 e. The van der Waals surface area contributed by atoms with Crippen LogP contribution < -0.4 is 0 Å². The van der Waals surface area contributed by atoms with Crippen LogP contribution in [0.3, 0.4) is 0 Å². The Morgan fingerprint density at radius 2 is 1.09 bits per heavy atom. The van der Waals surface area contributed by atoms with Crippen molar-refractivity contribution in [2.24, 2.45) is 0 Å². The summed E-state index contributed by atoms with van der Waals surface area (Å²) in [6, 6.07) is 0. The van der Waals surface area contributed by atoms with Crippen LogP contribution in [-0.2, 0) is 10.1 Å². The third-order valence-corrected chi connectivity index (χ3v) is 5.94. The Hall–Kier alpha value is -0.0900. The van der Waals surface area contributed by atoms with E-state index in [2.05, 4.69) is 13.8 Å². The summed E-state index contributed by atoms with van der Waals surface area (Å²) in [6.07, 6.45) is 18.9. The van der Waals surface area contributed by atoms with Crippen molar-refractivity contribution in [1.29, 1.82) is 0 Å². The first kappa shape index (κ1) is 22.9.